The van der Waals surface area contributed by atoms with Crippen LogP contribution >= 0.6 is 0 Å². The van der Waals surface area contributed by atoms with Crippen LogP contribution in [0.2, 0.25) is 0 Å². The molecule has 132 valence electrons. The number of carboxylic acid groups (broad SMARTS) is 1. The van der Waals surface area contributed by atoms with E-state index in [-0.39, 0.29) is 18.5 Å². The second-order valence-corrected chi connectivity index (χ2v) is 5.82. The molecule has 3 rings (SSSR count). The van der Waals surface area contributed by atoms with E-state index in [1.807, 2.05) is 6.07 Å². The number of rotatable bonds is 6. The fraction of sp³-hybridized carbons (Fsp3) is 0.158. The van der Waals surface area contributed by atoms with Crippen LogP contribution in [0.15, 0.2) is 65.7 Å². The lowest BCUT2D eigenvalue weighted by atomic mass is 10.1. The van der Waals surface area contributed by atoms with Gasteiger partial charge in [-0.3, -0.25) is 14.2 Å². The van der Waals surface area contributed by atoms with Crippen molar-refractivity contribution in [2.45, 2.75) is 19.0 Å². The van der Waals surface area contributed by atoms with Gasteiger partial charge in [0.05, 0.1) is 29.2 Å². The van der Waals surface area contributed by atoms with E-state index < -0.39 is 17.9 Å². The van der Waals surface area contributed by atoms with E-state index in [0.29, 0.717) is 10.9 Å². The van der Waals surface area contributed by atoms with Gasteiger partial charge in [-0.05, 0) is 24.1 Å². The first-order valence-corrected chi connectivity index (χ1v) is 8.03. The van der Waals surface area contributed by atoms with Crippen molar-refractivity contribution in [2.24, 2.45) is 0 Å². The SMILES string of the molecule is O=C(Cn1cnc2ccccc2c1=O)N[C@@H](Cc1ccccc1)C(=O)[O-]. The number of benzene rings is 2. The molecule has 0 bridgehead atoms. The van der Waals surface area contributed by atoms with Gasteiger partial charge in [-0.25, -0.2) is 4.98 Å². The Hall–Kier alpha value is -3.48. The Kier molecular flexibility index (Phi) is 5.07. The van der Waals surface area contributed by atoms with E-state index in [1.54, 1.807) is 48.5 Å². The van der Waals surface area contributed by atoms with Gasteiger partial charge in [-0.15, -0.1) is 0 Å². The number of amides is 1. The predicted octanol–water partition coefficient (Wildman–Crippen LogP) is -0.126. The zero-order chi connectivity index (χ0) is 18.5. The quantitative estimate of drug-likeness (QED) is 0.667. The first-order chi connectivity index (χ1) is 12.5. The molecule has 26 heavy (non-hydrogen) atoms. The van der Waals surface area contributed by atoms with Crippen LogP contribution in [-0.2, 0) is 22.6 Å². The van der Waals surface area contributed by atoms with Crippen LogP contribution in [0, 0.1) is 0 Å². The summed E-state index contributed by atoms with van der Waals surface area (Å²) in [7, 11) is 0. The first kappa shape index (κ1) is 17.3. The molecule has 2 aromatic carbocycles. The normalized spacial score (nSPS) is 11.8. The molecule has 7 nitrogen and oxygen atoms in total. The minimum atomic E-state index is -1.38. The van der Waals surface area contributed by atoms with Crippen LogP contribution in [0.3, 0.4) is 0 Å². The molecule has 0 saturated heterocycles. The molecule has 0 aliphatic rings. The van der Waals surface area contributed by atoms with Crippen molar-refractivity contribution in [1.29, 1.82) is 0 Å². The van der Waals surface area contributed by atoms with Gasteiger partial charge in [0.1, 0.15) is 6.54 Å². The number of carbonyl (C=O) groups is 2. The molecule has 1 aromatic heterocycles. The summed E-state index contributed by atoms with van der Waals surface area (Å²) >= 11 is 0. The summed E-state index contributed by atoms with van der Waals surface area (Å²) in [6.45, 7) is -0.324. The van der Waals surface area contributed by atoms with E-state index >= 15 is 0 Å². The second-order valence-electron chi connectivity index (χ2n) is 5.82. The summed E-state index contributed by atoms with van der Waals surface area (Å²) in [5.74, 6) is -1.99. The van der Waals surface area contributed by atoms with E-state index in [0.717, 1.165) is 10.1 Å². The molecule has 0 spiro atoms. The number of hydrogen-bond acceptors (Lipinski definition) is 5. The molecule has 0 unspecified atom stereocenters. The Morgan fingerprint density at radius 3 is 2.50 bits per heavy atom. The Morgan fingerprint density at radius 2 is 1.77 bits per heavy atom. The van der Waals surface area contributed by atoms with Gasteiger partial charge in [0.25, 0.3) is 5.56 Å². The van der Waals surface area contributed by atoms with Crippen LogP contribution in [0.25, 0.3) is 10.9 Å². The third-order valence-electron chi connectivity index (χ3n) is 3.95. The Labute approximate surface area is 148 Å². The highest BCUT2D eigenvalue weighted by atomic mass is 16.4. The molecule has 1 amide bonds. The van der Waals surface area contributed by atoms with E-state index in [1.165, 1.54) is 6.33 Å². The minimum Gasteiger partial charge on any atom is -0.548 e. The number of fused-ring (bicyclic) bond motifs is 1. The molecule has 0 radical (unpaired) electrons. The van der Waals surface area contributed by atoms with Gasteiger partial charge < -0.3 is 15.2 Å². The molecule has 0 fully saturated rings. The number of nitrogens with zero attached hydrogens (tertiary/aromatic N) is 2. The maximum Gasteiger partial charge on any atom is 0.261 e. The zero-order valence-electron chi connectivity index (χ0n) is 13.8. The fourth-order valence-electron chi connectivity index (χ4n) is 2.66. The van der Waals surface area contributed by atoms with Gasteiger partial charge in [0, 0.05) is 0 Å². The molecule has 1 atom stereocenters. The van der Waals surface area contributed by atoms with Crippen molar-refractivity contribution in [2.75, 3.05) is 0 Å². The number of nitrogens with one attached hydrogen (secondary N) is 1. The van der Waals surface area contributed by atoms with E-state index in [4.69, 9.17) is 0 Å². The summed E-state index contributed by atoms with van der Waals surface area (Å²) < 4.78 is 1.15. The molecular formula is C19H16N3O4-. The van der Waals surface area contributed by atoms with Crippen molar-refractivity contribution in [1.82, 2.24) is 14.9 Å². The maximum absolute atomic E-state index is 12.4. The van der Waals surface area contributed by atoms with Crippen LogP contribution in [0.4, 0.5) is 0 Å². The van der Waals surface area contributed by atoms with Crippen LogP contribution in [0.5, 0.6) is 0 Å². The maximum atomic E-state index is 12.4. The average molecular weight is 350 g/mol. The molecule has 0 aliphatic heterocycles. The summed E-state index contributed by atoms with van der Waals surface area (Å²) in [6, 6.07) is 14.5. The number of carbonyl (C=O) groups excluding carboxylic acids is 2. The molecular weight excluding hydrogens is 334 g/mol. The lowest BCUT2D eigenvalue weighted by molar-refractivity contribution is -0.308. The van der Waals surface area contributed by atoms with Gasteiger partial charge in [-0.1, -0.05) is 42.5 Å². The Bertz CT molecular complexity index is 998. The molecule has 3 aromatic rings. The highest BCUT2D eigenvalue weighted by Gasteiger charge is 2.15. The number of aliphatic carboxylic acids is 1. The highest BCUT2D eigenvalue weighted by Crippen LogP contribution is 2.05. The summed E-state index contributed by atoms with van der Waals surface area (Å²) in [4.78, 5) is 40.1. The largest absolute Gasteiger partial charge is 0.548 e. The van der Waals surface area contributed by atoms with Gasteiger partial charge in [0.2, 0.25) is 5.91 Å². The fourth-order valence-corrected chi connectivity index (χ4v) is 2.66. The lowest BCUT2D eigenvalue weighted by Crippen LogP contribution is -2.50. The summed E-state index contributed by atoms with van der Waals surface area (Å²) in [5, 5.41) is 14.1. The van der Waals surface area contributed by atoms with Crippen LogP contribution in [0.1, 0.15) is 5.56 Å². The molecule has 7 heteroatoms. The van der Waals surface area contributed by atoms with E-state index in [2.05, 4.69) is 10.3 Å². The van der Waals surface area contributed by atoms with Crippen molar-refractivity contribution in [3.63, 3.8) is 0 Å². The molecule has 1 N–H and O–H groups in total. The number of hydrogen-bond donors (Lipinski definition) is 1. The summed E-state index contributed by atoms with van der Waals surface area (Å²) in [6.07, 6.45) is 1.37. The van der Waals surface area contributed by atoms with Gasteiger partial charge in [-0.2, -0.15) is 0 Å². The monoisotopic (exact) mass is 350 g/mol. The standard InChI is InChI=1S/C19H17N3O4/c23-17(21-16(19(25)26)10-13-6-2-1-3-7-13)11-22-12-20-15-9-5-4-8-14(15)18(22)24/h1-9,12,16H,10-11H2,(H,21,23)(H,25,26)/p-1/t16-/m0/s1. The third-order valence-corrected chi connectivity index (χ3v) is 3.95. The van der Waals surface area contributed by atoms with Gasteiger partial charge in [0.15, 0.2) is 0 Å². The predicted molar refractivity (Wildman–Crippen MR) is 93.1 cm³/mol. The number of carboxylic acids is 1. The van der Waals surface area contributed by atoms with Crippen molar-refractivity contribution in [3.05, 3.63) is 76.8 Å². The first-order valence-electron chi connectivity index (χ1n) is 8.03. The lowest BCUT2D eigenvalue weighted by Gasteiger charge is -2.20. The van der Waals surface area contributed by atoms with E-state index in [9.17, 15) is 19.5 Å². The van der Waals surface area contributed by atoms with Crippen molar-refractivity contribution >= 4 is 22.8 Å². The highest BCUT2D eigenvalue weighted by molar-refractivity contribution is 5.83. The van der Waals surface area contributed by atoms with Gasteiger partial charge >= 0.3 is 0 Å². The minimum absolute atomic E-state index is 0.0970. The average Bonchev–Trinajstić information content (AvgIpc) is 2.64. The number of para-hydroxylation sites is 1. The van der Waals surface area contributed by atoms with Crippen molar-refractivity contribution in [3.8, 4) is 0 Å². The molecule has 1 heterocycles. The van der Waals surface area contributed by atoms with Crippen molar-refractivity contribution < 1.29 is 14.7 Å². The zero-order valence-corrected chi connectivity index (χ0v) is 13.8. The number of aromatic nitrogens is 2. The molecule has 0 saturated carbocycles. The topological polar surface area (TPSA) is 104 Å². The van der Waals surface area contributed by atoms with Crippen LogP contribution in [-0.4, -0.2) is 27.5 Å². The smallest absolute Gasteiger partial charge is 0.261 e. The molecule has 0 aliphatic carbocycles. The van der Waals surface area contributed by atoms with Crippen LogP contribution < -0.4 is 16.0 Å². The summed E-state index contributed by atoms with van der Waals surface area (Å²) in [5.41, 5.74) is 0.927. The third kappa shape index (κ3) is 3.94. The Balaban J connectivity index is 1.74. The second kappa shape index (κ2) is 7.60. The Morgan fingerprint density at radius 1 is 1.08 bits per heavy atom.